The van der Waals surface area contributed by atoms with Crippen LogP contribution in [-0.2, 0) is 33.3 Å². The van der Waals surface area contributed by atoms with E-state index in [9.17, 15) is 29.7 Å². The van der Waals surface area contributed by atoms with Crippen molar-refractivity contribution in [3.8, 4) is 0 Å². The van der Waals surface area contributed by atoms with Crippen molar-refractivity contribution in [3.63, 3.8) is 0 Å². The third kappa shape index (κ3) is 1.33. The van der Waals surface area contributed by atoms with Gasteiger partial charge in [-0.1, -0.05) is 20.8 Å². The Labute approximate surface area is 171 Å². The largest absolute Gasteiger partial charge is 0.459 e. The van der Waals surface area contributed by atoms with Crippen molar-refractivity contribution in [2.75, 3.05) is 0 Å². The van der Waals surface area contributed by atoms with Gasteiger partial charge in [0.2, 0.25) is 11.9 Å². The van der Waals surface area contributed by atoms with Crippen LogP contribution in [0.5, 0.6) is 0 Å². The Balaban J connectivity index is 1.72. The Hall–Kier alpha value is -1.75. The molecule has 4 saturated heterocycles. The zero-order valence-electron chi connectivity index (χ0n) is 16.9. The molecule has 4 aliphatic heterocycles. The third-order valence-corrected chi connectivity index (χ3v) is 9.00. The maximum atomic E-state index is 13.4. The molecule has 3 N–H and O–H groups in total. The molecule has 6 aliphatic rings. The first-order valence-corrected chi connectivity index (χ1v) is 10.2. The van der Waals surface area contributed by atoms with Gasteiger partial charge in [-0.05, 0) is 24.7 Å². The molecule has 6 fully saturated rings. The van der Waals surface area contributed by atoms with Gasteiger partial charge in [-0.2, -0.15) is 0 Å². The van der Waals surface area contributed by atoms with Crippen LogP contribution in [-0.4, -0.2) is 75.1 Å². The van der Waals surface area contributed by atoms with Crippen molar-refractivity contribution in [1.82, 2.24) is 0 Å². The molecule has 0 bridgehead atoms. The highest BCUT2D eigenvalue weighted by molar-refractivity contribution is 5.94. The van der Waals surface area contributed by atoms with Crippen LogP contribution in [0.25, 0.3) is 0 Å². The monoisotopic (exact) mass is 424 g/mol. The topological polar surface area (TPSA) is 149 Å². The van der Waals surface area contributed by atoms with Crippen LogP contribution in [0.1, 0.15) is 34.1 Å². The molecule has 4 heterocycles. The lowest BCUT2D eigenvalue weighted by molar-refractivity contribution is -0.239. The predicted molar refractivity (Wildman–Crippen MR) is 92.0 cm³/mol. The van der Waals surface area contributed by atoms with Crippen LogP contribution in [0, 0.1) is 28.1 Å². The normalized spacial score (nSPS) is 60.1. The lowest BCUT2D eigenvalue weighted by Gasteiger charge is -2.47. The molecule has 0 aromatic rings. The first-order chi connectivity index (χ1) is 13.8. The summed E-state index contributed by atoms with van der Waals surface area (Å²) in [6.45, 7) is 7.14. The molecule has 2 aliphatic carbocycles. The summed E-state index contributed by atoms with van der Waals surface area (Å²) >= 11 is 0. The number of fused-ring (bicyclic) bond motifs is 1. The molecular formula is C20H24O10. The average molecular weight is 424 g/mol. The van der Waals surface area contributed by atoms with Crippen molar-refractivity contribution in [3.05, 3.63) is 0 Å². The lowest BCUT2D eigenvalue weighted by atomic mass is 9.51. The number of hydrogen-bond acceptors (Lipinski definition) is 10. The Morgan fingerprint density at radius 1 is 1.03 bits per heavy atom. The first-order valence-electron chi connectivity index (χ1n) is 10.2. The van der Waals surface area contributed by atoms with Crippen LogP contribution < -0.4 is 0 Å². The number of esters is 3. The quantitative estimate of drug-likeness (QED) is 0.314. The van der Waals surface area contributed by atoms with E-state index in [-0.39, 0.29) is 6.42 Å². The molecular weight excluding hydrogens is 400 g/mol. The van der Waals surface area contributed by atoms with Crippen LogP contribution in [0.2, 0.25) is 0 Å². The Bertz CT molecular complexity index is 925. The van der Waals surface area contributed by atoms with E-state index in [0.29, 0.717) is 0 Å². The Morgan fingerprint density at radius 3 is 2.33 bits per heavy atom. The van der Waals surface area contributed by atoms with Crippen molar-refractivity contribution < 1.29 is 48.7 Å². The van der Waals surface area contributed by atoms with E-state index in [4.69, 9.17) is 18.9 Å². The number of aliphatic hydroxyl groups is 3. The van der Waals surface area contributed by atoms with Gasteiger partial charge < -0.3 is 34.3 Å². The zero-order valence-corrected chi connectivity index (χ0v) is 16.9. The zero-order chi connectivity index (χ0) is 21.8. The third-order valence-electron chi connectivity index (χ3n) is 9.00. The number of aliphatic hydroxyl groups excluding tert-OH is 2. The smallest absolute Gasteiger partial charge is 0.343 e. The van der Waals surface area contributed by atoms with E-state index in [1.807, 2.05) is 20.8 Å². The van der Waals surface area contributed by atoms with Crippen molar-refractivity contribution in [2.24, 2.45) is 28.1 Å². The standard InChI is InChI=1S/C20H24O10/c1-6-12(23)28-11-9(21)18-8-5-7(16(2,3)4)17(18)10(22)13(24)29-15(17)30-20(18,14(25)27-8)19(6,11)26/h6-11,15,21-22,26H,5H2,1-4H3/t6-,7+,8-,9+,10+,11?,15+,17+,18?,19-,20-/m1/s1. The molecule has 11 atom stereocenters. The second-order valence-corrected chi connectivity index (χ2v) is 10.7. The number of carbonyl (C=O) groups excluding carboxylic acids is 3. The average Bonchev–Trinajstić information content (AvgIpc) is 3.35. The van der Waals surface area contributed by atoms with E-state index >= 15 is 0 Å². The Morgan fingerprint density at radius 2 is 1.70 bits per heavy atom. The number of ether oxygens (including phenoxy) is 4. The maximum absolute atomic E-state index is 13.4. The van der Waals surface area contributed by atoms with Crippen LogP contribution >= 0.6 is 0 Å². The van der Waals surface area contributed by atoms with Crippen LogP contribution in [0.4, 0.5) is 0 Å². The molecule has 2 spiro atoms. The number of hydrogen-bond donors (Lipinski definition) is 3. The van der Waals surface area contributed by atoms with E-state index in [1.54, 1.807) is 0 Å². The summed E-state index contributed by atoms with van der Waals surface area (Å²) < 4.78 is 22.5. The summed E-state index contributed by atoms with van der Waals surface area (Å²) in [6, 6.07) is 0. The molecule has 0 aromatic carbocycles. The first kappa shape index (κ1) is 19.0. The van der Waals surface area contributed by atoms with Gasteiger partial charge in [0.05, 0.1) is 16.7 Å². The molecule has 0 aromatic heterocycles. The molecule has 30 heavy (non-hydrogen) atoms. The van der Waals surface area contributed by atoms with Gasteiger partial charge in [-0.3, -0.25) is 4.79 Å². The van der Waals surface area contributed by atoms with Crippen molar-refractivity contribution >= 4 is 17.9 Å². The van der Waals surface area contributed by atoms with E-state index in [0.717, 1.165) is 0 Å². The van der Waals surface area contributed by atoms with Gasteiger partial charge in [-0.25, -0.2) is 9.59 Å². The summed E-state index contributed by atoms with van der Waals surface area (Å²) in [5, 5.41) is 34.7. The summed E-state index contributed by atoms with van der Waals surface area (Å²) in [4.78, 5) is 38.2. The summed E-state index contributed by atoms with van der Waals surface area (Å²) in [5.41, 5.74) is -8.26. The molecule has 10 nitrogen and oxygen atoms in total. The van der Waals surface area contributed by atoms with Crippen molar-refractivity contribution in [1.29, 1.82) is 0 Å². The second kappa shape index (κ2) is 4.69. The molecule has 0 radical (unpaired) electrons. The van der Waals surface area contributed by atoms with Gasteiger partial charge in [0.15, 0.2) is 17.8 Å². The summed E-state index contributed by atoms with van der Waals surface area (Å²) in [7, 11) is 0. The van der Waals surface area contributed by atoms with Gasteiger partial charge in [0.1, 0.15) is 12.2 Å². The lowest BCUT2D eigenvalue weighted by Crippen LogP contribution is -2.67. The molecule has 6 rings (SSSR count). The molecule has 164 valence electrons. The Kier molecular flexibility index (Phi) is 2.97. The maximum Gasteiger partial charge on any atom is 0.343 e. The molecule has 2 unspecified atom stereocenters. The minimum atomic E-state index is -2.24. The SMILES string of the molecule is C[C@@H]1C(=O)OC2[C@H](O)C34[C@H]5C[C@@H](C(C)(C)C)[C@]36[C@@H](OC(=O)[C@@H]6O)O[C@@]4(C(=O)O5)[C@]21O. The van der Waals surface area contributed by atoms with E-state index in [2.05, 4.69) is 0 Å². The molecule has 0 amide bonds. The highest BCUT2D eigenvalue weighted by Crippen LogP contribution is 2.84. The fourth-order valence-corrected chi connectivity index (χ4v) is 8.12. The fourth-order valence-electron chi connectivity index (χ4n) is 8.12. The van der Waals surface area contributed by atoms with Crippen molar-refractivity contribution in [2.45, 2.75) is 76.0 Å². The highest BCUT2D eigenvalue weighted by Gasteiger charge is 3.03. The predicted octanol–water partition coefficient (Wildman–Crippen LogP) is -1.37. The molecule has 2 saturated carbocycles. The molecule has 10 heteroatoms. The van der Waals surface area contributed by atoms with Crippen LogP contribution in [0.3, 0.4) is 0 Å². The minimum absolute atomic E-state index is 0.229. The highest BCUT2D eigenvalue weighted by atomic mass is 16.8. The number of rotatable bonds is 0. The fraction of sp³-hybridized carbons (Fsp3) is 0.850. The number of carbonyl (C=O) groups is 3. The van der Waals surface area contributed by atoms with E-state index < -0.39 is 87.9 Å². The van der Waals surface area contributed by atoms with Gasteiger partial charge in [-0.15, -0.1) is 0 Å². The van der Waals surface area contributed by atoms with E-state index in [1.165, 1.54) is 6.92 Å². The van der Waals surface area contributed by atoms with Crippen LogP contribution in [0.15, 0.2) is 0 Å². The van der Waals surface area contributed by atoms with Gasteiger partial charge in [0, 0.05) is 0 Å². The minimum Gasteiger partial charge on any atom is -0.459 e. The summed E-state index contributed by atoms with van der Waals surface area (Å²) in [6.07, 6.45) is -6.91. The summed E-state index contributed by atoms with van der Waals surface area (Å²) in [5.74, 6) is -4.32. The van der Waals surface area contributed by atoms with Gasteiger partial charge >= 0.3 is 17.9 Å². The second-order valence-electron chi connectivity index (χ2n) is 10.7. The van der Waals surface area contributed by atoms with Gasteiger partial charge in [0.25, 0.3) is 0 Å².